The third-order valence-electron chi connectivity index (χ3n) is 4.78. The molecule has 0 bridgehead atoms. The van der Waals surface area contributed by atoms with Crippen molar-refractivity contribution in [2.75, 3.05) is 23.3 Å². The zero-order valence-electron chi connectivity index (χ0n) is 14.9. The van der Waals surface area contributed by atoms with E-state index in [1.807, 2.05) is 6.07 Å². The molecule has 1 aliphatic heterocycles. The molecule has 3 heterocycles. The molecule has 0 aliphatic carbocycles. The standard InChI is InChI=1S/C19H18F2N6O/c20-15-2-1-14(9-16(15)21)25-19(28)13-3-6-26(7-4-13)17-10-18(24-11-23-17)27-8-5-22-12-27/h1-2,5,8-13H,3-4,6-7H2,(H,25,28). The van der Waals surface area contributed by atoms with Gasteiger partial charge in [-0.25, -0.2) is 23.7 Å². The van der Waals surface area contributed by atoms with Gasteiger partial charge >= 0.3 is 0 Å². The van der Waals surface area contributed by atoms with Gasteiger partial charge in [0.1, 0.15) is 24.3 Å². The van der Waals surface area contributed by atoms with Gasteiger partial charge in [0.25, 0.3) is 0 Å². The molecule has 3 aromatic rings. The van der Waals surface area contributed by atoms with Crippen LogP contribution in [0.1, 0.15) is 12.8 Å². The van der Waals surface area contributed by atoms with E-state index in [4.69, 9.17) is 0 Å². The molecule has 0 atom stereocenters. The van der Waals surface area contributed by atoms with Crippen LogP contribution in [0.2, 0.25) is 0 Å². The molecular weight excluding hydrogens is 366 g/mol. The number of nitrogens with zero attached hydrogens (tertiary/aromatic N) is 5. The summed E-state index contributed by atoms with van der Waals surface area (Å²) in [7, 11) is 0. The van der Waals surface area contributed by atoms with Crippen LogP contribution in [0.4, 0.5) is 20.3 Å². The molecule has 1 saturated heterocycles. The van der Waals surface area contributed by atoms with Crippen molar-refractivity contribution in [1.82, 2.24) is 19.5 Å². The maximum atomic E-state index is 13.3. The molecule has 1 aliphatic rings. The zero-order valence-corrected chi connectivity index (χ0v) is 14.9. The molecule has 0 spiro atoms. The fourth-order valence-electron chi connectivity index (χ4n) is 3.23. The van der Waals surface area contributed by atoms with E-state index in [-0.39, 0.29) is 17.5 Å². The Bertz CT molecular complexity index is 970. The highest BCUT2D eigenvalue weighted by Crippen LogP contribution is 2.24. The summed E-state index contributed by atoms with van der Waals surface area (Å²) in [4.78, 5) is 27.1. The van der Waals surface area contributed by atoms with Crippen LogP contribution in [-0.2, 0) is 4.79 Å². The SMILES string of the molecule is O=C(Nc1ccc(F)c(F)c1)C1CCN(c2cc(-n3ccnc3)ncn2)CC1. The number of benzene rings is 1. The molecule has 0 radical (unpaired) electrons. The van der Waals surface area contributed by atoms with Crippen molar-refractivity contribution < 1.29 is 13.6 Å². The summed E-state index contributed by atoms with van der Waals surface area (Å²) in [5.41, 5.74) is 0.257. The van der Waals surface area contributed by atoms with Crippen molar-refractivity contribution in [3.63, 3.8) is 0 Å². The van der Waals surface area contributed by atoms with Crippen LogP contribution in [0.3, 0.4) is 0 Å². The summed E-state index contributed by atoms with van der Waals surface area (Å²) in [6, 6.07) is 5.22. The number of carbonyl (C=O) groups is 1. The number of hydrogen-bond donors (Lipinski definition) is 1. The molecule has 144 valence electrons. The Labute approximate surface area is 160 Å². The Morgan fingerprint density at radius 1 is 1.07 bits per heavy atom. The predicted molar refractivity (Wildman–Crippen MR) is 99.1 cm³/mol. The minimum absolute atomic E-state index is 0.188. The summed E-state index contributed by atoms with van der Waals surface area (Å²) in [6.45, 7) is 1.33. The molecule has 0 saturated carbocycles. The van der Waals surface area contributed by atoms with Crippen molar-refractivity contribution in [3.05, 3.63) is 60.9 Å². The third-order valence-corrected chi connectivity index (χ3v) is 4.78. The van der Waals surface area contributed by atoms with Crippen LogP contribution in [0.15, 0.2) is 49.3 Å². The first kappa shape index (κ1) is 18.0. The number of amides is 1. The van der Waals surface area contributed by atoms with Gasteiger partial charge in [0.2, 0.25) is 5.91 Å². The summed E-state index contributed by atoms with van der Waals surface area (Å²) in [5, 5.41) is 2.66. The molecule has 1 amide bonds. The predicted octanol–water partition coefficient (Wildman–Crippen LogP) is 2.80. The van der Waals surface area contributed by atoms with Gasteiger partial charge in [-0.2, -0.15) is 0 Å². The third kappa shape index (κ3) is 3.83. The van der Waals surface area contributed by atoms with E-state index in [9.17, 15) is 13.6 Å². The molecule has 1 aromatic carbocycles. The maximum absolute atomic E-state index is 13.3. The van der Waals surface area contributed by atoms with E-state index in [1.54, 1.807) is 23.3 Å². The monoisotopic (exact) mass is 384 g/mol. The van der Waals surface area contributed by atoms with Crippen LogP contribution >= 0.6 is 0 Å². The van der Waals surface area contributed by atoms with Crippen LogP contribution in [0, 0.1) is 17.6 Å². The Hall–Kier alpha value is -3.36. The molecular formula is C19H18F2N6O. The molecule has 7 nitrogen and oxygen atoms in total. The van der Waals surface area contributed by atoms with Crippen LogP contribution in [0.5, 0.6) is 0 Å². The fourth-order valence-corrected chi connectivity index (χ4v) is 3.23. The second-order valence-corrected chi connectivity index (χ2v) is 6.58. The number of hydrogen-bond acceptors (Lipinski definition) is 5. The van der Waals surface area contributed by atoms with Gasteiger partial charge in [-0.15, -0.1) is 0 Å². The second-order valence-electron chi connectivity index (χ2n) is 6.58. The summed E-state index contributed by atoms with van der Waals surface area (Å²) in [6.07, 6.45) is 7.94. The quantitative estimate of drug-likeness (QED) is 0.749. The molecule has 0 unspecified atom stereocenters. The average molecular weight is 384 g/mol. The summed E-state index contributed by atoms with van der Waals surface area (Å²) >= 11 is 0. The molecule has 9 heteroatoms. The number of rotatable bonds is 4. The van der Waals surface area contributed by atoms with Gasteiger partial charge < -0.3 is 10.2 Å². The Morgan fingerprint density at radius 3 is 2.57 bits per heavy atom. The molecule has 4 rings (SSSR count). The Kier molecular flexibility index (Phi) is 4.96. The first-order chi connectivity index (χ1) is 13.6. The van der Waals surface area contributed by atoms with Crippen LogP contribution in [0.25, 0.3) is 5.82 Å². The maximum Gasteiger partial charge on any atom is 0.227 e. The summed E-state index contributed by atoms with van der Waals surface area (Å²) in [5.74, 6) is -0.790. The number of aromatic nitrogens is 4. The minimum Gasteiger partial charge on any atom is -0.356 e. The van der Waals surface area contributed by atoms with Crippen LogP contribution < -0.4 is 10.2 Å². The van der Waals surface area contributed by atoms with E-state index in [2.05, 4.69) is 25.2 Å². The summed E-state index contributed by atoms with van der Waals surface area (Å²) < 4.78 is 28.1. The van der Waals surface area contributed by atoms with E-state index < -0.39 is 11.6 Å². The van der Waals surface area contributed by atoms with Crippen LogP contribution in [-0.4, -0.2) is 38.5 Å². The smallest absolute Gasteiger partial charge is 0.227 e. The highest BCUT2D eigenvalue weighted by molar-refractivity contribution is 5.92. The average Bonchev–Trinajstić information content (AvgIpc) is 3.26. The van der Waals surface area contributed by atoms with Crippen molar-refractivity contribution in [2.24, 2.45) is 5.92 Å². The number of carbonyl (C=O) groups excluding carboxylic acids is 1. The van der Waals surface area contributed by atoms with Gasteiger partial charge in [0, 0.05) is 49.2 Å². The van der Waals surface area contributed by atoms with Gasteiger partial charge in [0.15, 0.2) is 11.6 Å². The molecule has 28 heavy (non-hydrogen) atoms. The van der Waals surface area contributed by atoms with E-state index in [0.29, 0.717) is 25.9 Å². The number of imidazole rings is 1. The van der Waals surface area contributed by atoms with Gasteiger partial charge in [-0.1, -0.05) is 0 Å². The number of halogens is 2. The lowest BCUT2D eigenvalue weighted by atomic mass is 9.96. The van der Waals surface area contributed by atoms with E-state index in [1.165, 1.54) is 12.4 Å². The highest BCUT2D eigenvalue weighted by atomic mass is 19.2. The first-order valence-electron chi connectivity index (χ1n) is 8.91. The van der Waals surface area contributed by atoms with E-state index >= 15 is 0 Å². The van der Waals surface area contributed by atoms with Crippen molar-refractivity contribution in [1.29, 1.82) is 0 Å². The number of anilines is 2. The number of nitrogens with one attached hydrogen (secondary N) is 1. The van der Waals surface area contributed by atoms with E-state index in [0.717, 1.165) is 23.8 Å². The molecule has 1 N–H and O–H groups in total. The second kappa shape index (κ2) is 7.71. The van der Waals surface area contributed by atoms with Crippen molar-refractivity contribution >= 4 is 17.4 Å². The minimum atomic E-state index is -0.981. The lowest BCUT2D eigenvalue weighted by Crippen LogP contribution is -2.38. The Balaban J connectivity index is 1.37. The Morgan fingerprint density at radius 2 is 1.86 bits per heavy atom. The fraction of sp³-hybridized carbons (Fsp3) is 0.263. The molecule has 2 aromatic heterocycles. The highest BCUT2D eigenvalue weighted by Gasteiger charge is 2.26. The lowest BCUT2D eigenvalue weighted by molar-refractivity contribution is -0.120. The van der Waals surface area contributed by atoms with Gasteiger partial charge in [0.05, 0.1) is 0 Å². The zero-order chi connectivity index (χ0) is 19.5. The topological polar surface area (TPSA) is 75.9 Å². The lowest BCUT2D eigenvalue weighted by Gasteiger charge is -2.32. The first-order valence-corrected chi connectivity index (χ1v) is 8.91. The van der Waals surface area contributed by atoms with Gasteiger partial charge in [-0.3, -0.25) is 9.36 Å². The molecule has 1 fully saturated rings. The number of piperidine rings is 1. The van der Waals surface area contributed by atoms with Crippen molar-refractivity contribution in [2.45, 2.75) is 12.8 Å². The van der Waals surface area contributed by atoms with Gasteiger partial charge in [-0.05, 0) is 25.0 Å². The largest absolute Gasteiger partial charge is 0.356 e. The normalized spacial score (nSPS) is 14.9. The van der Waals surface area contributed by atoms with Crippen molar-refractivity contribution in [3.8, 4) is 5.82 Å².